The van der Waals surface area contributed by atoms with Crippen molar-refractivity contribution in [3.63, 3.8) is 0 Å². The molecule has 2 N–H and O–H groups in total. The molecule has 0 fully saturated rings. The van der Waals surface area contributed by atoms with Gasteiger partial charge in [0.25, 0.3) is 11.8 Å². The SMILES string of the molecule is CCCNC(=O)c1cccc(NC(=O)c2nn(-c3ccccc3F)c3c2CCC3)c1. The number of halogens is 1. The second-order valence-corrected chi connectivity index (χ2v) is 7.28. The molecule has 2 amide bonds. The number of nitrogens with one attached hydrogen (secondary N) is 2. The van der Waals surface area contributed by atoms with E-state index in [9.17, 15) is 14.0 Å². The lowest BCUT2D eigenvalue weighted by atomic mass is 10.1. The Morgan fingerprint density at radius 1 is 1.10 bits per heavy atom. The van der Waals surface area contributed by atoms with Crippen molar-refractivity contribution < 1.29 is 14.0 Å². The van der Waals surface area contributed by atoms with Crippen LogP contribution in [0.15, 0.2) is 48.5 Å². The molecule has 0 atom stereocenters. The molecule has 30 heavy (non-hydrogen) atoms. The maximum absolute atomic E-state index is 14.3. The number of anilines is 1. The number of hydrogen-bond acceptors (Lipinski definition) is 3. The van der Waals surface area contributed by atoms with E-state index >= 15 is 0 Å². The number of fused-ring (bicyclic) bond motifs is 1. The third-order valence-electron chi connectivity index (χ3n) is 5.14. The van der Waals surface area contributed by atoms with E-state index < -0.39 is 0 Å². The van der Waals surface area contributed by atoms with Gasteiger partial charge >= 0.3 is 0 Å². The minimum atomic E-state index is -0.382. The Morgan fingerprint density at radius 3 is 2.73 bits per heavy atom. The molecule has 0 aliphatic heterocycles. The van der Waals surface area contributed by atoms with Crippen molar-refractivity contribution in [2.24, 2.45) is 0 Å². The molecule has 2 aromatic carbocycles. The Morgan fingerprint density at radius 2 is 1.93 bits per heavy atom. The van der Waals surface area contributed by atoms with Crippen molar-refractivity contribution in [3.05, 3.63) is 76.9 Å². The van der Waals surface area contributed by atoms with Crippen molar-refractivity contribution in [3.8, 4) is 5.69 Å². The Labute approximate surface area is 174 Å². The van der Waals surface area contributed by atoms with Crippen molar-refractivity contribution in [1.82, 2.24) is 15.1 Å². The van der Waals surface area contributed by atoms with Gasteiger partial charge in [-0.05, 0) is 56.0 Å². The molecule has 4 rings (SSSR count). The number of benzene rings is 2. The highest BCUT2D eigenvalue weighted by atomic mass is 19.1. The van der Waals surface area contributed by atoms with Gasteiger partial charge in [-0.3, -0.25) is 9.59 Å². The van der Waals surface area contributed by atoms with Crippen LogP contribution in [0.1, 0.15) is 51.9 Å². The molecule has 0 unspecified atom stereocenters. The Kier molecular flexibility index (Phi) is 5.61. The number of carbonyl (C=O) groups excluding carboxylic acids is 2. The molecule has 0 saturated heterocycles. The molecule has 0 radical (unpaired) electrons. The lowest BCUT2D eigenvalue weighted by Gasteiger charge is -2.08. The molecule has 3 aromatic rings. The smallest absolute Gasteiger partial charge is 0.276 e. The number of hydrogen-bond donors (Lipinski definition) is 2. The number of aromatic nitrogens is 2. The number of rotatable bonds is 6. The van der Waals surface area contributed by atoms with E-state index in [-0.39, 0.29) is 17.6 Å². The van der Waals surface area contributed by atoms with Gasteiger partial charge in [-0.1, -0.05) is 25.1 Å². The van der Waals surface area contributed by atoms with Gasteiger partial charge in [-0.15, -0.1) is 0 Å². The average Bonchev–Trinajstić information content (AvgIpc) is 3.35. The second kappa shape index (κ2) is 8.49. The van der Waals surface area contributed by atoms with Crippen LogP contribution >= 0.6 is 0 Å². The van der Waals surface area contributed by atoms with E-state index in [1.165, 1.54) is 6.07 Å². The number of amides is 2. The van der Waals surface area contributed by atoms with Crippen LogP contribution in [0.2, 0.25) is 0 Å². The first-order valence-electron chi connectivity index (χ1n) is 10.1. The van der Waals surface area contributed by atoms with Crippen LogP contribution in [0, 0.1) is 5.82 Å². The van der Waals surface area contributed by atoms with Gasteiger partial charge < -0.3 is 10.6 Å². The van der Waals surface area contributed by atoms with Crippen LogP contribution in [0.4, 0.5) is 10.1 Å². The van der Waals surface area contributed by atoms with Gasteiger partial charge in [0.05, 0.1) is 0 Å². The van der Waals surface area contributed by atoms with Crippen molar-refractivity contribution in [1.29, 1.82) is 0 Å². The summed E-state index contributed by atoms with van der Waals surface area (Å²) in [5.41, 5.74) is 3.35. The Balaban J connectivity index is 1.60. The minimum Gasteiger partial charge on any atom is -0.352 e. The first kappa shape index (κ1) is 19.8. The topological polar surface area (TPSA) is 76.0 Å². The first-order chi connectivity index (χ1) is 14.6. The fourth-order valence-electron chi connectivity index (χ4n) is 3.71. The summed E-state index contributed by atoms with van der Waals surface area (Å²) in [6.07, 6.45) is 3.22. The van der Waals surface area contributed by atoms with E-state index in [4.69, 9.17) is 0 Å². The predicted octanol–water partition coefficient (Wildman–Crippen LogP) is 3.89. The van der Waals surface area contributed by atoms with Crippen LogP contribution in [-0.2, 0) is 12.8 Å². The van der Waals surface area contributed by atoms with Crippen molar-refractivity contribution >= 4 is 17.5 Å². The van der Waals surface area contributed by atoms with Gasteiger partial charge in [0.2, 0.25) is 0 Å². The highest BCUT2D eigenvalue weighted by molar-refractivity contribution is 6.05. The quantitative estimate of drug-likeness (QED) is 0.652. The molecule has 0 spiro atoms. The number of para-hydroxylation sites is 1. The highest BCUT2D eigenvalue weighted by Gasteiger charge is 2.27. The van der Waals surface area contributed by atoms with Gasteiger partial charge in [-0.25, -0.2) is 9.07 Å². The van der Waals surface area contributed by atoms with Crippen LogP contribution < -0.4 is 10.6 Å². The van der Waals surface area contributed by atoms with E-state index in [0.29, 0.717) is 29.2 Å². The fourth-order valence-corrected chi connectivity index (χ4v) is 3.71. The maximum Gasteiger partial charge on any atom is 0.276 e. The Bertz CT molecular complexity index is 1110. The molecular weight excluding hydrogens is 383 g/mol. The standard InChI is InChI=1S/C23H23FN4O2/c1-2-13-25-22(29)15-7-5-8-16(14-15)26-23(30)21-17-9-6-12-19(17)28(27-21)20-11-4-3-10-18(20)24/h3-5,7-8,10-11,14H,2,6,9,12-13H2,1H3,(H,25,29)(H,26,30). The van der Waals surface area contributed by atoms with Crippen LogP contribution in [0.25, 0.3) is 5.69 Å². The monoisotopic (exact) mass is 406 g/mol. The summed E-state index contributed by atoms with van der Waals surface area (Å²) in [7, 11) is 0. The zero-order chi connectivity index (χ0) is 21.1. The van der Waals surface area contributed by atoms with Gasteiger partial charge in [0, 0.05) is 29.1 Å². The lowest BCUT2D eigenvalue weighted by Crippen LogP contribution is -2.24. The van der Waals surface area contributed by atoms with Gasteiger partial charge in [0.15, 0.2) is 5.69 Å². The van der Waals surface area contributed by atoms with Crippen LogP contribution in [0.5, 0.6) is 0 Å². The molecule has 154 valence electrons. The van der Waals surface area contributed by atoms with E-state index in [1.54, 1.807) is 47.1 Å². The molecule has 1 aliphatic carbocycles. The highest BCUT2D eigenvalue weighted by Crippen LogP contribution is 2.29. The van der Waals surface area contributed by atoms with E-state index in [1.807, 2.05) is 6.92 Å². The fraction of sp³-hybridized carbons (Fsp3) is 0.261. The summed E-state index contributed by atoms with van der Waals surface area (Å²) < 4.78 is 15.9. The van der Waals surface area contributed by atoms with Crippen molar-refractivity contribution in [2.45, 2.75) is 32.6 Å². The molecule has 6 nitrogen and oxygen atoms in total. The van der Waals surface area contributed by atoms with Gasteiger partial charge in [0.1, 0.15) is 11.5 Å². The number of nitrogens with zero attached hydrogens (tertiary/aromatic N) is 2. The average molecular weight is 406 g/mol. The predicted molar refractivity (Wildman–Crippen MR) is 113 cm³/mol. The van der Waals surface area contributed by atoms with Crippen molar-refractivity contribution in [2.75, 3.05) is 11.9 Å². The summed E-state index contributed by atoms with van der Waals surface area (Å²) in [5, 5.41) is 10.1. The molecule has 0 saturated carbocycles. The lowest BCUT2D eigenvalue weighted by molar-refractivity contribution is 0.0952. The van der Waals surface area contributed by atoms with Crippen LogP contribution in [-0.4, -0.2) is 28.1 Å². The first-order valence-corrected chi connectivity index (χ1v) is 10.1. The normalized spacial score (nSPS) is 12.5. The summed E-state index contributed by atoms with van der Waals surface area (Å²) in [4.78, 5) is 25.2. The van der Waals surface area contributed by atoms with E-state index in [2.05, 4.69) is 15.7 Å². The minimum absolute atomic E-state index is 0.183. The molecule has 1 aliphatic rings. The molecule has 0 bridgehead atoms. The third kappa shape index (κ3) is 3.83. The molecule has 7 heteroatoms. The summed E-state index contributed by atoms with van der Waals surface area (Å²) in [6.45, 7) is 2.57. The third-order valence-corrected chi connectivity index (χ3v) is 5.14. The zero-order valence-electron chi connectivity index (χ0n) is 16.7. The molecule has 1 aromatic heterocycles. The van der Waals surface area contributed by atoms with E-state index in [0.717, 1.165) is 36.9 Å². The van der Waals surface area contributed by atoms with Crippen LogP contribution in [0.3, 0.4) is 0 Å². The second-order valence-electron chi connectivity index (χ2n) is 7.28. The largest absolute Gasteiger partial charge is 0.352 e. The van der Waals surface area contributed by atoms with Gasteiger partial charge in [-0.2, -0.15) is 5.10 Å². The number of carbonyl (C=O) groups is 2. The summed E-state index contributed by atoms with van der Waals surface area (Å²) in [5.74, 6) is -0.931. The molecular formula is C23H23FN4O2. The maximum atomic E-state index is 14.3. The summed E-state index contributed by atoms with van der Waals surface area (Å²) in [6, 6.07) is 13.2. The summed E-state index contributed by atoms with van der Waals surface area (Å²) >= 11 is 0. The zero-order valence-corrected chi connectivity index (χ0v) is 16.7. The Hall–Kier alpha value is -3.48. The molecule has 1 heterocycles.